The van der Waals surface area contributed by atoms with Gasteiger partial charge in [-0.05, 0) is 62.9 Å². The standard InChI is InChI=1S/C21H30O5/c1-19-7-5-15-16(21(19,26)9-6-17(19)18(25)11-22)3-2-13-10-14(24)4-8-20(13,15)12-23/h10,15-17,22-23,26H,2-9,11-12H2,1H3. The molecule has 0 aromatic heterocycles. The predicted octanol–water partition coefficient (Wildman–Crippen LogP) is 1.78. The van der Waals surface area contributed by atoms with E-state index in [1.165, 1.54) is 0 Å². The molecule has 0 saturated heterocycles. The van der Waals surface area contributed by atoms with Gasteiger partial charge in [0.1, 0.15) is 6.61 Å². The Morgan fingerprint density at radius 2 is 1.88 bits per heavy atom. The zero-order chi connectivity index (χ0) is 18.7. The fourth-order valence-electron chi connectivity index (χ4n) is 7.26. The topological polar surface area (TPSA) is 94.8 Å². The third-order valence-electron chi connectivity index (χ3n) is 8.70. The van der Waals surface area contributed by atoms with Gasteiger partial charge < -0.3 is 15.3 Å². The average molecular weight is 362 g/mol. The summed E-state index contributed by atoms with van der Waals surface area (Å²) in [6.45, 7) is 1.59. The highest BCUT2D eigenvalue weighted by Gasteiger charge is 2.68. The molecule has 5 nitrogen and oxygen atoms in total. The number of carbonyl (C=O) groups excluding carboxylic acids is 2. The van der Waals surface area contributed by atoms with Crippen LogP contribution in [0.25, 0.3) is 0 Å². The van der Waals surface area contributed by atoms with Crippen molar-refractivity contribution in [2.24, 2.45) is 28.6 Å². The third-order valence-corrected chi connectivity index (χ3v) is 8.70. The fraction of sp³-hybridized carbons (Fsp3) is 0.810. The quantitative estimate of drug-likeness (QED) is 0.711. The molecule has 0 amide bonds. The molecule has 144 valence electrons. The van der Waals surface area contributed by atoms with Gasteiger partial charge in [0, 0.05) is 23.2 Å². The number of carbonyl (C=O) groups is 2. The van der Waals surface area contributed by atoms with Gasteiger partial charge in [0.15, 0.2) is 11.6 Å². The Balaban J connectivity index is 1.73. The van der Waals surface area contributed by atoms with E-state index in [1.807, 2.05) is 6.92 Å². The second kappa shape index (κ2) is 5.98. The number of fused-ring (bicyclic) bond motifs is 5. The van der Waals surface area contributed by atoms with Crippen LogP contribution in [-0.2, 0) is 9.59 Å². The third kappa shape index (κ3) is 2.14. The van der Waals surface area contributed by atoms with E-state index in [0.29, 0.717) is 25.7 Å². The van der Waals surface area contributed by atoms with E-state index >= 15 is 0 Å². The average Bonchev–Trinajstić information content (AvgIpc) is 2.92. The number of ketones is 2. The number of rotatable bonds is 3. The number of hydrogen-bond acceptors (Lipinski definition) is 5. The molecule has 26 heavy (non-hydrogen) atoms. The summed E-state index contributed by atoms with van der Waals surface area (Å²) in [6.07, 6.45) is 7.22. The van der Waals surface area contributed by atoms with Crippen molar-refractivity contribution in [3.63, 3.8) is 0 Å². The Morgan fingerprint density at radius 3 is 2.58 bits per heavy atom. The number of hydrogen-bond donors (Lipinski definition) is 3. The van der Waals surface area contributed by atoms with Gasteiger partial charge in [-0.2, -0.15) is 0 Å². The summed E-state index contributed by atoms with van der Waals surface area (Å²) < 4.78 is 0. The number of Topliss-reactive ketones (excluding diaryl/α,β-unsaturated/α-hetero) is 1. The van der Waals surface area contributed by atoms with Crippen LogP contribution in [-0.4, -0.2) is 45.7 Å². The molecule has 0 spiro atoms. The maximum absolute atomic E-state index is 12.3. The van der Waals surface area contributed by atoms with Crippen LogP contribution < -0.4 is 0 Å². The molecular formula is C21H30O5. The van der Waals surface area contributed by atoms with E-state index in [2.05, 4.69) is 0 Å². The molecule has 3 N–H and O–H groups in total. The lowest BCUT2D eigenvalue weighted by Gasteiger charge is -2.61. The molecule has 0 radical (unpaired) electrons. The van der Waals surface area contributed by atoms with Crippen molar-refractivity contribution in [1.82, 2.24) is 0 Å². The molecule has 0 aromatic carbocycles. The number of aliphatic hydroxyl groups excluding tert-OH is 2. The summed E-state index contributed by atoms with van der Waals surface area (Å²) in [5, 5.41) is 31.5. The maximum atomic E-state index is 12.3. The van der Waals surface area contributed by atoms with Crippen molar-refractivity contribution in [2.75, 3.05) is 13.2 Å². The number of aliphatic hydroxyl groups is 3. The molecule has 4 aliphatic carbocycles. The maximum Gasteiger partial charge on any atom is 0.161 e. The molecule has 0 bridgehead atoms. The lowest BCUT2D eigenvalue weighted by atomic mass is 9.45. The smallest absolute Gasteiger partial charge is 0.161 e. The molecule has 5 heteroatoms. The van der Waals surface area contributed by atoms with Crippen molar-refractivity contribution < 1.29 is 24.9 Å². The Hall–Kier alpha value is -1.04. The van der Waals surface area contributed by atoms with Gasteiger partial charge in [0.2, 0.25) is 0 Å². The van der Waals surface area contributed by atoms with Gasteiger partial charge in [-0.1, -0.05) is 12.5 Å². The first-order chi connectivity index (χ1) is 12.3. The van der Waals surface area contributed by atoms with Crippen LogP contribution in [0, 0.1) is 28.6 Å². The van der Waals surface area contributed by atoms with Gasteiger partial charge in [-0.3, -0.25) is 9.59 Å². The molecule has 6 unspecified atom stereocenters. The van der Waals surface area contributed by atoms with E-state index in [-0.39, 0.29) is 41.3 Å². The SMILES string of the molecule is CC12CCC3C(CCC4=CC(=O)CCC43CO)C1(O)CCC2C(=O)CO. The second-order valence-electron chi connectivity index (χ2n) is 9.30. The van der Waals surface area contributed by atoms with E-state index in [4.69, 9.17) is 0 Å². The Morgan fingerprint density at radius 1 is 1.12 bits per heavy atom. The zero-order valence-corrected chi connectivity index (χ0v) is 15.5. The molecule has 4 rings (SSSR count). The van der Waals surface area contributed by atoms with Gasteiger partial charge in [-0.25, -0.2) is 0 Å². The van der Waals surface area contributed by atoms with Gasteiger partial charge in [-0.15, -0.1) is 0 Å². The minimum atomic E-state index is -0.930. The monoisotopic (exact) mass is 362 g/mol. The lowest BCUT2D eigenvalue weighted by Crippen LogP contribution is -2.62. The first kappa shape index (κ1) is 18.3. The molecule has 6 atom stereocenters. The fourth-order valence-corrected chi connectivity index (χ4v) is 7.26. The highest BCUT2D eigenvalue weighted by Crippen LogP contribution is 2.68. The predicted molar refractivity (Wildman–Crippen MR) is 95.2 cm³/mol. The highest BCUT2D eigenvalue weighted by atomic mass is 16.3. The van der Waals surface area contributed by atoms with Crippen molar-refractivity contribution in [3.8, 4) is 0 Å². The second-order valence-corrected chi connectivity index (χ2v) is 9.30. The van der Waals surface area contributed by atoms with Crippen molar-refractivity contribution in [1.29, 1.82) is 0 Å². The summed E-state index contributed by atoms with van der Waals surface area (Å²) in [5.74, 6) is -0.0972. The van der Waals surface area contributed by atoms with E-state index in [9.17, 15) is 24.9 Å². The molecule has 4 aliphatic rings. The lowest BCUT2D eigenvalue weighted by molar-refractivity contribution is -0.191. The Labute approximate surface area is 154 Å². The van der Waals surface area contributed by atoms with E-state index in [1.54, 1.807) is 6.08 Å². The minimum absolute atomic E-state index is 0.0269. The van der Waals surface area contributed by atoms with Crippen LogP contribution in [0.4, 0.5) is 0 Å². The first-order valence-corrected chi connectivity index (χ1v) is 10.0. The van der Waals surface area contributed by atoms with E-state index in [0.717, 1.165) is 31.3 Å². The summed E-state index contributed by atoms with van der Waals surface area (Å²) in [6, 6.07) is 0. The molecular weight excluding hydrogens is 332 g/mol. The van der Waals surface area contributed by atoms with Crippen LogP contribution in [0.3, 0.4) is 0 Å². The van der Waals surface area contributed by atoms with Gasteiger partial charge in [0.25, 0.3) is 0 Å². The van der Waals surface area contributed by atoms with Crippen LogP contribution >= 0.6 is 0 Å². The first-order valence-electron chi connectivity index (χ1n) is 10.0. The van der Waals surface area contributed by atoms with Crippen LogP contribution in [0.5, 0.6) is 0 Å². The summed E-state index contributed by atoms with van der Waals surface area (Å²) >= 11 is 0. The minimum Gasteiger partial charge on any atom is -0.395 e. The summed E-state index contributed by atoms with van der Waals surface area (Å²) in [7, 11) is 0. The molecule has 0 aromatic rings. The normalized spacial score (nSPS) is 47.6. The molecule has 0 heterocycles. The van der Waals surface area contributed by atoms with Crippen molar-refractivity contribution >= 4 is 11.6 Å². The highest BCUT2D eigenvalue weighted by molar-refractivity contribution is 5.91. The molecule has 3 saturated carbocycles. The van der Waals surface area contributed by atoms with Crippen molar-refractivity contribution in [2.45, 2.75) is 63.9 Å². The van der Waals surface area contributed by atoms with E-state index < -0.39 is 17.6 Å². The molecule has 0 aliphatic heterocycles. The van der Waals surface area contributed by atoms with Gasteiger partial charge in [0.05, 0.1) is 12.2 Å². The molecule has 3 fully saturated rings. The Bertz CT molecular complexity index is 669. The van der Waals surface area contributed by atoms with Crippen molar-refractivity contribution in [3.05, 3.63) is 11.6 Å². The zero-order valence-electron chi connectivity index (χ0n) is 15.5. The summed E-state index contributed by atoms with van der Waals surface area (Å²) in [4.78, 5) is 24.2. The largest absolute Gasteiger partial charge is 0.395 e. The Kier molecular flexibility index (Phi) is 4.22. The van der Waals surface area contributed by atoms with Crippen LogP contribution in [0.15, 0.2) is 11.6 Å². The van der Waals surface area contributed by atoms with Crippen LogP contribution in [0.1, 0.15) is 58.3 Å². The van der Waals surface area contributed by atoms with Gasteiger partial charge >= 0.3 is 0 Å². The van der Waals surface area contributed by atoms with Crippen LogP contribution in [0.2, 0.25) is 0 Å². The summed E-state index contributed by atoms with van der Waals surface area (Å²) in [5.41, 5.74) is -0.741.